The van der Waals surface area contributed by atoms with E-state index in [0.29, 0.717) is 25.1 Å². The SMILES string of the molecule is C=C(CO[Si](C)(C)C(C)(C)C)C[C@H](c1cccc(NC(C)=O)c1Br)[C@@H](CC#C[Si](C)(C)C)NS(=O)C(C)(C)C. The van der Waals surface area contributed by atoms with Gasteiger partial charge >= 0.3 is 0 Å². The third-order valence-electron chi connectivity index (χ3n) is 6.78. The van der Waals surface area contributed by atoms with Gasteiger partial charge in [-0.3, -0.25) is 4.79 Å². The summed E-state index contributed by atoms with van der Waals surface area (Å²) in [6.07, 6.45) is 1.17. The number of nitrogens with one attached hydrogen (secondary N) is 2. The van der Waals surface area contributed by atoms with Gasteiger partial charge in [0.25, 0.3) is 0 Å². The average molecular weight is 656 g/mol. The zero-order chi connectivity index (χ0) is 30.4. The minimum atomic E-state index is -1.96. The van der Waals surface area contributed by atoms with Crippen LogP contribution in [-0.2, 0) is 20.2 Å². The van der Waals surface area contributed by atoms with Gasteiger partial charge in [0.2, 0.25) is 5.91 Å². The Morgan fingerprint density at radius 2 is 1.72 bits per heavy atom. The minimum Gasteiger partial charge on any atom is -0.413 e. The van der Waals surface area contributed by atoms with Crippen LogP contribution in [0.25, 0.3) is 0 Å². The first-order chi connectivity index (χ1) is 17.5. The molecule has 0 aromatic heterocycles. The summed E-state index contributed by atoms with van der Waals surface area (Å²) in [5, 5.41) is 3.02. The highest BCUT2D eigenvalue weighted by atomic mass is 79.9. The van der Waals surface area contributed by atoms with Crippen molar-refractivity contribution in [2.75, 3.05) is 11.9 Å². The number of hydrogen-bond acceptors (Lipinski definition) is 3. The van der Waals surface area contributed by atoms with Crippen LogP contribution in [0.1, 0.15) is 72.8 Å². The summed E-state index contributed by atoms with van der Waals surface area (Å²) in [7, 11) is -4.84. The van der Waals surface area contributed by atoms with Crippen LogP contribution >= 0.6 is 15.9 Å². The van der Waals surface area contributed by atoms with Gasteiger partial charge in [-0.25, -0.2) is 8.93 Å². The second-order valence-electron chi connectivity index (χ2n) is 13.9. The molecule has 0 saturated heterocycles. The van der Waals surface area contributed by atoms with E-state index in [1.54, 1.807) is 0 Å². The molecule has 0 aliphatic carbocycles. The molecule has 0 fully saturated rings. The predicted octanol–water partition coefficient (Wildman–Crippen LogP) is 8.15. The van der Waals surface area contributed by atoms with E-state index in [4.69, 9.17) is 4.43 Å². The van der Waals surface area contributed by atoms with Crippen molar-refractivity contribution in [1.29, 1.82) is 0 Å². The van der Waals surface area contributed by atoms with Crippen LogP contribution in [-0.4, -0.2) is 43.9 Å². The number of benzene rings is 1. The van der Waals surface area contributed by atoms with Crippen LogP contribution in [0, 0.1) is 11.5 Å². The number of carbonyl (C=O) groups excluding carboxylic acids is 1. The monoisotopic (exact) mass is 654 g/mol. The van der Waals surface area contributed by atoms with Crippen LogP contribution in [0.4, 0.5) is 5.69 Å². The Morgan fingerprint density at radius 1 is 1.13 bits per heavy atom. The van der Waals surface area contributed by atoms with Gasteiger partial charge in [-0.15, -0.1) is 11.5 Å². The molecule has 2 N–H and O–H groups in total. The smallest absolute Gasteiger partial charge is 0.221 e. The first kappa shape index (κ1) is 36.0. The van der Waals surface area contributed by atoms with E-state index in [9.17, 15) is 9.00 Å². The summed E-state index contributed by atoms with van der Waals surface area (Å²) in [5.74, 6) is 3.18. The van der Waals surface area contributed by atoms with E-state index in [-0.39, 0.29) is 22.9 Å². The van der Waals surface area contributed by atoms with Crippen LogP contribution < -0.4 is 10.0 Å². The zero-order valence-corrected chi connectivity index (χ0v) is 30.6. The van der Waals surface area contributed by atoms with Crippen LogP contribution in [0.5, 0.6) is 0 Å². The third-order valence-corrected chi connectivity index (χ3v) is 14.7. The Hall–Kier alpha value is -1.03. The standard InChI is InChI=1S/C30H51BrN2O3SSi2/c1-22(21-36-39(12,13)30(6,7)8)20-25(24-16-14-17-27(28(24)31)32-23(2)34)26(18-15-19-38(9,10)11)33-37(35)29(3,4)5/h14,16-17,25-26,33H,1,18,20-21H2,2-13H3,(H,32,34)/t25-,26-,37?/m1/s1. The van der Waals surface area contributed by atoms with E-state index >= 15 is 0 Å². The maximum Gasteiger partial charge on any atom is 0.221 e. The molecule has 0 aliphatic rings. The maximum absolute atomic E-state index is 13.4. The van der Waals surface area contributed by atoms with E-state index in [1.165, 1.54) is 6.92 Å². The zero-order valence-electron chi connectivity index (χ0n) is 26.2. The molecule has 220 valence electrons. The molecule has 9 heteroatoms. The topological polar surface area (TPSA) is 67.4 Å². The molecule has 1 amide bonds. The van der Waals surface area contributed by atoms with Crippen molar-refractivity contribution in [3.63, 3.8) is 0 Å². The lowest BCUT2D eigenvalue weighted by Crippen LogP contribution is -2.43. The Bertz CT molecular complexity index is 1110. The molecular formula is C30H51BrN2O3SSi2. The Morgan fingerprint density at radius 3 is 2.21 bits per heavy atom. The predicted molar refractivity (Wildman–Crippen MR) is 179 cm³/mol. The van der Waals surface area contributed by atoms with Crippen molar-refractivity contribution in [1.82, 2.24) is 4.72 Å². The van der Waals surface area contributed by atoms with Crippen LogP contribution in [0.2, 0.25) is 37.8 Å². The van der Waals surface area contributed by atoms with Gasteiger partial charge in [-0.2, -0.15) is 0 Å². The van der Waals surface area contributed by atoms with Gasteiger partial charge < -0.3 is 9.74 Å². The van der Waals surface area contributed by atoms with Crippen molar-refractivity contribution in [2.24, 2.45) is 0 Å². The first-order valence-corrected chi connectivity index (χ1v) is 21.9. The lowest BCUT2D eigenvalue weighted by Gasteiger charge is -2.37. The summed E-state index contributed by atoms with van der Waals surface area (Å²) in [6, 6.07) is 5.67. The maximum atomic E-state index is 13.4. The number of anilines is 1. The summed E-state index contributed by atoms with van der Waals surface area (Å²) in [6.45, 7) is 30.1. The number of carbonyl (C=O) groups is 1. The molecule has 0 heterocycles. The fraction of sp³-hybridized carbons (Fsp3) is 0.633. The lowest BCUT2D eigenvalue weighted by atomic mass is 9.85. The summed E-state index contributed by atoms with van der Waals surface area (Å²) in [5.41, 5.74) is 6.17. The number of hydrogen-bond donors (Lipinski definition) is 2. The molecule has 1 unspecified atom stereocenters. The largest absolute Gasteiger partial charge is 0.413 e. The van der Waals surface area contributed by atoms with Crippen molar-refractivity contribution < 1.29 is 13.4 Å². The van der Waals surface area contributed by atoms with Gasteiger partial charge in [0.15, 0.2) is 8.32 Å². The fourth-order valence-electron chi connectivity index (χ4n) is 3.47. The van der Waals surface area contributed by atoms with E-state index in [0.717, 1.165) is 15.6 Å². The Balaban J connectivity index is 3.57. The summed E-state index contributed by atoms with van der Waals surface area (Å²) >= 11 is 3.77. The van der Waals surface area contributed by atoms with Gasteiger partial charge in [-0.1, -0.05) is 64.7 Å². The molecule has 1 aromatic rings. The highest BCUT2D eigenvalue weighted by molar-refractivity contribution is 9.10. The van der Waals surface area contributed by atoms with Crippen molar-refractivity contribution in [3.05, 3.63) is 40.4 Å². The number of halogens is 1. The number of amides is 1. The van der Waals surface area contributed by atoms with E-state index in [2.05, 4.69) is 104 Å². The highest BCUT2D eigenvalue weighted by Gasteiger charge is 2.37. The van der Waals surface area contributed by atoms with E-state index in [1.807, 2.05) is 32.9 Å². The Kier molecular flexibility index (Phi) is 13.1. The van der Waals surface area contributed by atoms with Gasteiger partial charge in [0, 0.05) is 29.8 Å². The lowest BCUT2D eigenvalue weighted by molar-refractivity contribution is -0.114. The summed E-state index contributed by atoms with van der Waals surface area (Å²) in [4.78, 5) is 11.9. The van der Waals surface area contributed by atoms with E-state index < -0.39 is 32.1 Å². The highest BCUT2D eigenvalue weighted by Crippen LogP contribution is 2.39. The van der Waals surface area contributed by atoms with Crippen molar-refractivity contribution >= 4 is 54.9 Å². The average Bonchev–Trinajstić information content (AvgIpc) is 2.74. The van der Waals surface area contributed by atoms with Crippen LogP contribution in [0.3, 0.4) is 0 Å². The van der Waals surface area contributed by atoms with Crippen molar-refractivity contribution in [3.8, 4) is 11.5 Å². The molecule has 0 saturated carbocycles. The van der Waals surface area contributed by atoms with Gasteiger partial charge in [-0.05, 0) is 72.9 Å². The first-order valence-electron chi connectivity index (χ1n) is 13.6. The molecule has 0 aliphatic heterocycles. The third kappa shape index (κ3) is 12.2. The fourth-order valence-corrected chi connectivity index (χ4v) is 6.63. The molecule has 3 atom stereocenters. The quantitative estimate of drug-likeness (QED) is 0.144. The molecule has 1 aromatic carbocycles. The molecule has 0 bridgehead atoms. The van der Waals surface area contributed by atoms with Crippen LogP contribution in [0.15, 0.2) is 34.8 Å². The second kappa shape index (κ2) is 14.2. The number of rotatable bonds is 11. The Labute approximate surface area is 251 Å². The van der Waals surface area contributed by atoms with Gasteiger partial charge in [0.1, 0.15) is 8.07 Å². The molecule has 0 radical (unpaired) electrons. The molecular weight excluding hydrogens is 604 g/mol. The molecule has 39 heavy (non-hydrogen) atoms. The normalized spacial score (nSPS) is 15.1. The summed E-state index contributed by atoms with van der Waals surface area (Å²) < 4.78 is 23.7. The van der Waals surface area contributed by atoms with Crippen molar-refractivity contribution in [2.45, 2.75) is 116 Å². The van der Waals surface area contributed by atoms with Gasteiger partial charge in [0.05, 0.1) is 28.0 Å². The molecule has 5 nitrogen and oxygen atoms in total. The molecule has 1 rings (SSSR count). The second-order valence-corrected chi connectivity index (χ2v) is 26.2. The minimum absolute atomic E-state index is 0.0997. The molecule has 0 spiro atoms.